The van der Waals surface area contributed by atoms with Gasteiger partial charge in [-0.05, 0) is 87.5 Å². The van der Waals surface area contributed by atoms with E-state index in [-0.39, 0.29) is 17.1 Å². The number of aryl methyl sites for hydroxylation is 3. The van der Waals surface area contributed by atoms with Crippen LogP contribution in [0.1, 0.15) is 71.8 Å². The topological polar surface area (TPSA) is 75.4 Å². The minimum Gasteiger partial charge on any atom is -0.394 e. The van der Waals surface area contributed by atoms with Gasteiger partial charge in [-0.3, -0.25) is 14.5 Å². The number of allylic oxidation sites excluding steroid dienone is 1. The number of likely N-dealkylation sites (N-methyl/N-ethyl adjacent to an activating group) is 1. The van der Waals surface area contributed by atoms with E-state index in [4.69, 9.17) is 5.73 Å². The van der Waals surface area contributed by atoms with Gasteiger partial charge in [-0.25, -0.2) is 0 Å². The first-order chi connectivity index (χ1) is 15.7. The maximum atomic E-state index is 13.7. The van der Waals surface area contributed by atoms with Gasteiger partial charge in [-0.15, -0.1) is 0 Å². The highest BCUT2D eigenvalue weighted by Gasteiger charge is 2.23. The predicted molar refractivity (Wildman–Crippen MR) is 137 cm³/mol. The minimum absolute atomic E-state index is 0.0502. The SMILES string of the molecule is CCCN(CCC)Cc1ccc(C(C(=O)c2cc(C)c(C)cc2C)=C(N)C(=O)NCC)cc1. The summed E-state index contributed by atoms with van der Waals surface area (Å²) >= 11 is 0. The Morgan fingerprint density at radius 3 is 2.00 bits per heavy atom. The molecule has 0 aliphatic carbocycles. The van der Waals surface area contributed by atoms with Crippen LogP contribution in [0.15, 0.2) is 42.1 Å². The molecule has 0 aliphatic heterocycles. The van der Waals surface area contributed by atoms with Crippen molar-refractivity contribution in [2.24, 2.45) is 5.73 Å². The van der Waals surface area contributed by atoms with Gasteiger partial charge in [0.15, 0.2) is 5.78 Å². The summed E-state index contributed by atoms with van der Waals surface area (Å²) in [7, 11) is 0. The van der Waals surface area contributed by atoms with Crippen molar-refractivity contribution < 1.29 is 9.59 Å². The Bertz CT molecular complexity index is 1000. The van der Waals surface area contributed by atoms with E-state index in [0.717, 1.165) is 49.2 Å². The molecule has 2 aromatic rings. The maximum Gasteiger partial charge on any atom is 0.267 e. The maximum absolute atomic E-state index is 13.7. The second kappa shape index (κ2) is 12.4. The fourth-order valence-electron chi connectivity index (χ4n) is 4.06. The van der Waals surface area contributed by atoms with E-state index in [0.29, 0.717) is 17.7 Å². The Balaban J connectivity index is 2.49. The average molecular weight is 450 g/mol. The van der Waals surface area contributed by atoms with Gasteiger partial charge in [-0.2, -0.15) is 0 Å². The minimum atomic E-state index is -0.427. The van der Waals surface area contributed by atoms with Gasteiger partial charge in [-0.1, -0.05) is 44.2 Å². The summed E-state index contributed by atoms with van der Waals surface area (Å²) in [6, 6.07) is 11.8. The lowest BCUT2D eigenvalue weighted by molar-refractivity contribution is -0.117. The molecule has 2 aromatic carbocycles. The molecule has 5 nitrogen and oxygen atoms in total. The van der Waals surface area contributed by atoms with Crippen LogP contribution in [-0.2, 0) is 11.3 Å². The molecule has 1 amide bonds. The number of nitrogens with zero attached hydrogens (tertiary/aromatic N) is 1. The van der Waals surface area contributed by atoms with Crippen LogP contribution in [0.25, 0.3) is 5.57 Å². The Morgan fingerprint density at radius 2 is 1.45 bits per heavy atom. The molecule has 3 N–H and O–H groups in total. The number of carbonyl (C=O) groups is 2. The number of rotatable bonds is 11. The summed E-state index contributed by atoms with van der Waals surface area (Å²) in [4.78, 5) is 28.7. The second-order valence-corrected chi connectivity index (χ2v) is 8.70. The van der Waals surface area contributed by atoms with Gasteiger partial charge in [0.25, 0.3) is 5.91 Å². The van der Waals surface area contributed by atoms with Crippen LogP contribution in [0.2, 0.25) is 0 Å². The van der Waals surface area contributed by atoms with Crippen LogP contribution in [0.3, 0.4) is 0 Å². The Hall–Kier alpha value is -2.92. The molecule has 0 bridgehead atoms. The summed E-state index contributed by atoms with van der Waals surface area (Å²) in [6.07, 6.45) is 2.22. The number of Topliss-reactive ketones (excluding diaryl/α,β-unsaturated/α-hetero) is 1. The molecule has 0 aromatic heterocycles. The standard InChI is InChI=1S/C28H39N3O2/c1-7-14-31(15-8-2)18-22-10-12-23(13-11-22)25(26(29)28(33)30-9-3)27(32)24-17-20(5)19(4)16-21(24)6/h10-13,16-17H,7-9,14-15,18,29H2,1-6H3,(H,30,33). The fourth-order valence-corrected chi connectivity index (χ4v) is 4.06. The van der Waals surface area contributed by atoms with E-state index >= 15 is 0 Å². The number of benzene rings is 2. The van der Waals surface area contributed by atoms with Crippen LogP contribution in [0.5, 0.6) is 0 Å². The summed E-state index contributed by atoms with van der Waals surface area (Å²) in [5.41, 5.74) is 11.9. The van der Waals surface area contributed by atoms with Crippen LogP contribution in [0, 0.1) is 20.8 Å². The van der Waals surface area contributed by atoms with Gasteiger partial charge in [0.2, 0.25) is 0 Å². The van der Waals surface area contributed by atoms with E-state index in [1.54, 1.807) is 0 Å². The number of carbonyl (C=O) groups excluding carboxylic acids is 2. The van der Waals surface area contributed by atoms with E-state index in [9.17, 15) is 9.59 Å². The fraction of sp³-hybridized carbons (Fsp3) is 0.429. The molecule has 0 saturated carbocycles. The second-order valence-electron chi connectivity index (χ2n) is 8.70. The van der Waals surface area contributed by atoms with E-state index in [2.05, 4.69) is 24.1 Å². The largest absolute Gasteiger partial charge is 0.394 e. The first kappa shape index (κ1) is 26.3. The third kappa shape index (κ3) is 6.78. The van der Waals surface area contributed by atoms with Gasteiger partial charge in [0.05, 0.1) is 5.57 Å². The van der Waals surface area contributed by atoms with Crippen molar-refractivity contribution in [2.75, 3.05) is 19.6 Å². The first-order valence-corrected chi connectivity index (χ1v) is 12.0. The Morgan fingerprint density at radius 1 is 0.879 bits per heavy atom. The molecule has 0 fully saturated rings. The molecule has 33 heavy (non-hydrogen) atoms. The van der Waals surface area contributed by atoms with Crippen LogP contribution >= 0.6 is 0 Å². The molecular weight excluding hydrogens is 410 g/mol. The van der Waals surface area contributed by atoms with Crippen molar-refractivity contribution in [1.82, 2.24) is 10.2 Å². The molecule has 0 saturated heterocycles. The van der Waals surface area contributed by atoms with Crippen LogP contribution in [-0.4, -0.2) is 36.2 Å². The van der Waals surface area contributed by atoms with Crippen molar-refractivity contribution in [3.05, 3.63) is 75.5 Å². The summed E-state index contributed by atoms with van der Waals surface area (Å²) in [5, 5.41) is 2.72. The molecule has 5 heteroatoms. The third-order valence-electron chi connectivity index (χ3n) is 5.89. The lowest BCUT2D eigenvalue weighted by atomic mass is 9.90. The number of hydrogen-bond acceptors (Lipinski definition) is 4. The van der Waals surface area contributed by atoms with E-state index < -0.39 is 5.91 Å². The van der Waals surface area contributed by atoms with Crippen molar-refractivity contribution in [2.45, 2.75) is 60.9 Å². The zero-order chi connectivity index (χ0) is 24.5. The van der Waals surface area contributed by atoms with Crippen molar-refractivity contribution in [1.29, 1.82) is 0 Å². The van der Waals surface area contributed by atoms with E-state index in [1.807, 2.05) is 64.1 Å². The van der Waals surface area contributed by atoms with Gasteiger partial charge in [0.1, 0.15) is 5.70 Å². The molecular formula is C28H39N3O2. The van der Waals surface area contributed by atoms with Crippen molar-refractivity contribution in [3.63, 3.8) is 0 Å². The lowest BCUT2D eigenvalue weighted by Gasteiger charge is -2.21. The van der Waals surface area contributed by atoms with E-state index in [1.165, 1.54) is 5.56 Å². The smallest absolute Gasteiger partial charge is 0.267 e. The van der Waals surface area contributed by atoms with Gasteiger partial charge in [0, 0.05) is 18.7 Å². The number of hydrogen-bond donors (Lipinski definition) is 2. The third-order valence-corrected chi connectivity index (χ3v) is 5.89. The number of ketones is 1. The highest BCUT2D eigenvalue weighted by Crippen LogP contribution is 2.26. The monoisotopic (exact) mass is 449 g/mol. The molecule has 0 spiro atoms. The van der Waals surface area contributed by atoms with Gasteiger partial charge < -0.3 is 11.1 Å². The summed E-state index contributed by atoms with van der Waals surface area (Å²) in [5.74, 6) is -0.658. The Kier molecular flexibility index (Phi) is 9.86. The lowest BCUT2D eigenvalue weighted by Crippen LogP contribution is -2.30. The van der Waals surface area contributed by atoms with Crippen LogP contribution < -0.4 is 11.1 Å². The zero-order valence-corrected chi connectivity index (χ0v) is 21.0. The summed E-state index contributed by atoms with van der Waals surface area (Å²) in [6.45, 7) is 15.5. The number of amides is 1. The van der Waals surface area contributed by atoms with Crippen molar-refractivity contribution in [3.8, 4) is 0 Å². The molecule has 0 radical (unpaired) electrons. The predicted octanol–water partition coefficient (Wildman–Crippen LogP) is 4.92. The zero-order valence-electron chi connectivity index (χ0n) is 21.0. The number of nitrogens with two attached hydrogens (primary N) is 1. The first-order valence-electron chi connectivity index (χ1n) is 12.0. The quantitative estimate of drug-likeness (QED) is 0.377. The molecule has 0 atom stereocenters. The summed E-state index contributed by atoms with van der Waals surface area (Å²) < 4.78 is 0. The Labute approximate surface area is 199 Å². The van der Waals surface area contributed by atoms with Crippen LogP contribution in [0.4, 0.5) is 0 Å². The number of nitrogens with one attached hydrogen (secondary N) is 1. The highest BCUT2D eigenvalue weighted by atomic mass is 16.2. The normalized spacial score (nSPS) is 12.0. The molecule has 2 rings (SSSR count). The van der Waals surface area contributed by atoms with Gasteiger partial charge >= 0.3 is 0 Å². The average Bonchev–Trinajstić information content (AvgIpc) is 2.78. The highest BCUT2D eigenvalue weighted by molar-refractivity contribution is 6.33. The molecule has 0 heterocycles. The molecule has 178 valence electrons. The van der Waals surface area contributed by atoms with Crippen molar-refractivity contribution >= 4 is 17.3 Å². The molecule has 0 unspecified atom stereocenters. The molecule has 0 aliphatic rings.